The van der Waals surface area contributed by atoms with Gasteiger partial charge in [-0.3, -0.25) is 0 Å². The molecule has 114 valence electrons. The van der Waals surface area contributed by atoms with E-state index in [1.165, 1.54) is 9.75 Å². The predicted octanol–water partition coefficient (Wildman–Crippen LogP) is 4.18. The van der Waals surface area contributed by atoms with Crippen LogP contribution in [-0.2, 0) is 0 Å². The number of rotatable bonds is 8. The molecule has 2 rings (SSSR count). The van der Waals surface area contributed by atoms with Crippen molar-refractivity contribution < 1.29 is 9.47 Å². The molecular weight excluding hydrogens is 282 g/mol. The highest BCUT2D eigenvalue weighted by molar-refractivity contribution is 7.12. The summed E-state index contributed by atoms with van der Waals surface area (Å²) in [6, 6.07) is 12.5. The van der Waals surface area contributed by atoms with Crippen LogP contribution in [0.3, 0.4) is 0 Å². The lowest BCUT2D eigenvalue weighted by atomic mass is 10.3. The van der Waals surface area contributed by atoms with E-state index in [0.29, 0.717) is 19.3 Å². The summed E-state index contributed by atoms with van der Waals surface area (Å²) in [6.07, 6.45) is 0. The average Bonchev–Trinajstić information content (AvgIpc) is 2.92. The quantitative estimate of drug-likeness (QED) is 0.742. The van der Waals surface area contributed by atoms with Crippen molar-refractivity contribution in [3.63, 3.8) is 0 Å². The van der Waals surface area contributed by atoms with Gasteiger partial charge in [0.2, 0.25) is 0 Å². The molecule has 1 heterocycles. The van der Waals surface area contributed by atoms with Crippen molar-refractivity contribution in [2.75, 3.05) is 19.8 Å². The van der Waals surface area contributed by atoms with Crippen LogP contribution < -0.4 is 14.8 Å². The first-order valence-corrected chi connectivity index (χ1v) is 8.16. The summed E-state index contributed by atoms with van der Waals surface area (Å²) in [5.41, 5.74) is 0. The van der Waals surface area contributed by atoms with Gasteiger partial charge in [0.1, 0.15) is 6.61 Å². The lowest BCUT2D eigenvalue weighted by Crippen LogP contribution is -2.23. The van der Waals surface area contributed by atoms with Crippen molar-refractivity contribution in [3.8, 4) is 11.5 Å². The van der Waals surface area contributed by atoms with E-state index in [-0.39, 0.29) is 0 Å². The molecule has 1 aromatic heterocycles. The first-order valence-electron chi connectivity index (χ1n) is 7.35. The van der Waals surface area contributed by atoms with Gasteiger partial charge in [0.05, 0.1) is 6.61 Å². The zero-order valence-corrected chi connectivity index (χ0v) is 13.7. The summed E-state index contributed by atoms with van der Waals surface area (Å²) < 4.78 is 11.3. The van der Waals surface area contributed by atoms with E-state index in [4.69, 9.17) is 9.47 Å². The second-order valence-electron chi connectivity index (χ2n) is 4.85. The normalized spacial score (nSPS) is 12.1. The summed E-state index contributed by atoms with van der Waals surface area (Å²) in [4.78, 5) is 2.71. The van der Waals surface area contributed by atoms with Crippen molar-refractivity contribution in [2.45, 2.75) is 26.8 Å². The highest BCUT2D eigenvalue weighted by Gasteiger charge is 2.07. The van der Waals surface area contributed by atoms with Crippen LogP contribution in [0.5, 0.6) is 11.5 Å². The van der Waals surface area contributed by atoms with Crippen LogP contribution in [-0.4, -0.2) is 19.8 Å². The molecular formula is C17H23NO2S. The van der Waals surface area contributed by atoms with E-state index in [1.54, 1.807) is 0 Å². The third kappa shape index (κ3) is 4.76. The highest BCUT2D eigenvalue weighted by atomic mass is 32.1. The second-order valence-corrected chi connectivity index (χ2v) is 6.17. The first-order chi connectivity index (χ1) is 10.2. The van der Waals surface area contributed by atoms with Gasteiger partial charge in [-0.05, 0) is 45.0 Å². The molecule has 0 aliphatic rings. The van der Waals surface area contributed by atoms with E-state index in [0.717, 1.165) is 18.0 Å². The number of nitrogens with one attached hydrogen (secondary N) is 1. The fourth-order valence-electron chi connectivity index (χ4n) is 2.07. The largest absolute Gasteiger partial charge is 0.490 e. The van der Waals surface area contributed by atoms with Crippen molar-refractivity contribution in [1.82, 2.24) is 5.32 Å². The molecule has 0 radical (unpaired) electrons. The Kier molecular flexibility index (Phi) is 6.08. The van der Waals surface area contributed by atoms with Gasteiger partial charge in [-0.2, -0.15) is 0 Å². The number of hydrogen-bond acceptors (Lipinski definition) is 4. The Balaban J connectivity index is 1.77. The van der Waals surface area contributed by atoms with Gasteiger partial charge in [0, 0.05) is 22.3 Å². The number of thiophene rings is 1. The van der Waals surface area contributed by atoms with Crippen LogP contribution in [0.1, 0.15) is 29.6 Å². The maximum atomic E-state index is 5.80. The molecule has 0 amide bonds. The third-order valence-corrected chi connectivity index (χ3v) is 4.33. The molecule has 0 spiro atoms. The third-order valence-electron chi connectivity index (χ3n) is 3.15. The van der Waals surface area contributed by atoms with Crippen LogP contribution >= 0.6 is 11.3 Å². The molecule has 0 fully saturated rings. The fraction of sp³-hybridized carbons (Fsp3) is 0.412. The van der Waals surface area contributed by atoms with Crippen LogP contribution in [0.15, 0.2) is 36.4 Å². The Morgan fingerprint density at radius 2 is 1.81 bits per heavy atom. The van der Waals surface area contributed by atoms with Crippen LogP contribution in [0.2, 0.25) is 0 Å². The van der Waals surface area contributed by atoms with Gasteiger partial charge >= 0.3 is 0 Å². The highest BCUT2D eigenvalue weighted by Crippen LogP contribution is 2.26. The molecule has 1 aromatic carbocycles. The standard InChI is InChI=1S/C17H23NO2S/c1-4-19-15-7-5-6-8-16(15)20-12-11-18-14(3)17-10-9-13(2)21-17/h5-10,14,18H,4,11-12H2,1-3H3. The summed E-state index contributed by atoms with van der Waals surface area (Å²) in [5, 5.41) is 3.48. The van der Waals surface area contributed by atoms with Crippen LogP contribution in [0.4, 0.5) is 0 Å². The molecule has 0 saturated carbocycles. The Labute approximate surface area is 130 Å². The summed E-state index contributed by atoms with van der Waals surface area (Å²) in [6.45, 7) is 8.36. The number of ether oxygens (including phenoxy) is 2. The Morgan fingerprint density at radius 1 is 1.10 bits per heavy atom. The summed E-state index contributed by atoms with van der Waals surface area (Å²) in [5.74, 6) is 1.61. The van der Waals surface area contributed by atoms with Gasteiger partial charge in [0.15, 0.2) is 11.5 Å². The first kappa shape index (κ1) is 15.9. The van der Waals surface area contributed by atoms with Gasteiger partial charge in [-0.1, -0.05) is 12.1 Å². The van der Waals surface area contributed by atoms with Crippen molar-refractivity contribution in [2.24, 2.45) is 0 Å². The minimum absolute atomic E-state index is 0.356. The average molecular weight is 305 g/mol. The monoisotopic (exact) mass is 305 g/mol. The minimum atomic E-state index is 0.356. The van der Waals surface area contributed by atoms with E-state index in [1.807, 2.05) is 42.5 Å². The Bertz CT molecular complexity index is 553. The molecule has 4 heteroatoms. The molecule has 1 unspecified atom stereocenters. The van der Waals surface area contributed by atoms with Crippen LogP contribution in [0, 0.1) is 6.92 Å². The van der Waals surface area contributed by atoms with Gasteiger partial charge in [0.25, 0.3) is 0 Å². The lowest BCUT2D eigenvalue weighted by Gasteiger charge is -2.14. The van der Waals surface area contributed by atoms with E-state index in [2.05, 4.69) is 31.3 Å². The summed E-state index contributed by atoms with van der Waals surface area (Å²) >= 11 is 1.84. The van der Waals surface area contributed by atoms with Crippen molar-refractivity contribution >= 4 is 11.3 Å². The minimum Gasteiger partial charge on any atom is -0.490 e. The smallest absolute Gasteiger partial charge is 0.161 e. The Hall–Kier alpha value is -1.52. The molecule has 2 aromatic rings. The molecule has 1 N–H and O–H groups in total. The number of hydrogen-bond donors (Lipinski definition) is 1. The van der Waals surface area contributed by atoms with E-state index < -0.39 is 0 Å². The SMILES string of the molecule is CCOc1ccccc1OCCNC(C)c1ccc(C)s1. The molecule has 3 nitrogen and oxygen atoms in total. The molecule has 0 saturated heterocycles. The maximum Gasteiger partial charge on any atom is 0.161 e. The maximum absolute atomic E-state index is 5.80. The Morgan fingerprint density at radius 3 is 2.43 bits per heavy atom. The van der Waals surface area contributed by atoms with Gasteiger partial charge in [-0.15, -0.1) is 11.3 Å². The fourth-order valence-corrected chi connectivity index (χ4v) is 2.97. The molecule has 21 heavy (non-hydrogen) atoms. The molecule has 0 bridgehead atoms. The lowest BCUT2D eigenvalue weighted by molar-refractivity contribution is 0.273. The molecule has 0 aliphatic carbocycles. The van der Waals surface area contributed by atoms with Gasteiger partial charge in [-0.25, -0.2) is 0 Å². The van der Waals surface area contributed by atoms with Crippen molar-refractivity contribution in [1.29, 1.82) is 0 Å². The summed E-state index contributed by atoms with van der Waals surface area (Å²) in [7, 11) is 0. The molecule has 1 atom stereocenters. The zero-order chi connectivity index (χ0) is 15.1. The number of aryl methyl sites for hydroxylation is 1. The van der Waals surface area contributed by atoms with E-state index in [9.17, 15) is 0 Å². The number of benzene rings is 1. The second kappa shape index (κ2) is 8.05. The predicted molar refractivity (Wildman–Crippen MR) is 88.6 cm³/mol. The topological polar surface area (TPSA) is 30.5 Å². The zero-order valence-electron chi connectivity index (χ0n) is 12.9. The number of para-hydroxylation sites is 2. The van der Waals surface area contributed by atoms with E-state index >= 15 is 0 Å². The van der Waals surface area contributed by atoms with Crippen molar-refractivity contribution in [3.05, 3.63) is 46.2 Å². The molecule has 0 aliphatic heterocycles. The van der Waals surface area contributed by atoms with Gasteiger partial charge < -0.3 is 14.8 Å². The van der Waals surface area contributed by atoms with Crippen LogP contribution in [0.25, 0.3) is 0 Å².